The Balaban J connectivity index is 3.79. The Morgan fingerprint density at radius 2 is 1.82 bits per heavy atom. The largest absolute Gasteiger partial charge is 0.462 e. The van der Waals surface area contributed by atoms with Crippen molar-refractivity contribution >= 4 is 5.97 Å². The number of unbranched alkanes of at least 4 members (excludes halogenated alkanes) is 3. The van der Waals surface area contributed by atoms with Gasteiger partial charge in [0.1, 0.15) is 6.04 Å². The fourth-order valence-corrected chi connectivity index (χ4v) is 1.68. The van der Waals surface area contributed by atoms with E-state index in [0.29, 0.717) is 0 Å². The second kappa shape index (κ2) is 9.46. The molecule has 0 aromatic heterocycles. The van der Waals surface area contributed by atoms with Crippen molar-refractivity contribution in [2.45, 2.75) is 78.4 Å². The summed E-state index contributed by atoms with van der Waals surface area (Å²) in [6, 6.07) is -0.474. The number of rotatable bonds is 9. The van der Waals surface area contributed by atoms with Gasteiger partial charge in [0.15, 0.2) is 0 Å². The van der Waals surface area contributed by atoms with Crippen molar-refractivity contribution in [2.24, 2.45) is 11.7 Å². The van der Waals surface area contributed by atoms with Crippen molar-refractivity contribution in [3.05, 3.63) is 0 Å². The number of hydrogen-bond acceptors (Lipinski definition) is 3. The van der Waals surface area contributed by atoms with Crippen LogP contribution in [0, 0.1) is 5.92 Å². The third kappa shape index (κ3) is 7.37. The van der Waals surface area contributed by atoms with E-state index in [4.69, 9.17) is 10.5 Å². The quantitative estimate of drug-likeness (QED) is 0.499. The van der Waals surface area contributed by atoms with Gasteiger partial charge in [0.2, 0.25) is 0 Å². The minimum Gasteiger partial charge on any atom is -0.462 e. The maximum atomic E-state index is 11.7. The van der Waals surface area contributed by atoms with Gasteiger partial charge < -0.3 is 10.5 Å². The summed E-state index contributed by atoms with van der Waals surface area (Å²) >= 11 is 0. The predicted molar refractivity (Wildman–Crippen MR) is 71.7 cm³/mol. The Hall–Kier alpha value is -0.570. The molecule has 3 heteroatoms. The van der Waals surface area contributed by atoms with Crippen molar-refractivity contribution in [3.63, 3.8) is 0 Å². The summed E-state index contributed by atoms with van der Waals surface area (Å²) in [4.78, 5) is 11.7. The highest BCUT2D eigenvalue weighted by Crippen LogP contribution is 2.11. The van der Waals surface area contributed by atoms with Gasteiger partial charge in [-0.2, -0.15) is 0 Å². The molecule has 0 aliphatic heterocycles. The zero-order valence-electron chi connectivity index (χ0n) is 11.9. The molecule has 0 aliphatic carbocycles. The van der Waals surface area contributed by atoms with Gasteiger partial charge >= 0.3 is 5.97 Å². The smallest absolute Gasteiger partial charge is 0.323 e. The van der Waals surface area contributed by atoms with E-state index in [1.807, 2.05) is 20.8 Å². The molecule has 3 atom stereocenters. The molecule has 2 unspecified atom stereocenters. The molecular formula is C14H29NO2. The molecule has 0 spiro atoms. The van der Waals surface area contributed by atoms with Crippen LogP contribution in [0.5, 0.6) is 0 Å². The number of esters is 1. The highest BCUT2D eigenvalue weighted by molar-refractivity contribution is 5.75. The van der Waals surface area contributed by atoms with E-state index in [0.717, 1.165) is 19.3 Å². The highest BCUT2D eigenvalue weighted by Gasteiger charge is 2.22. The fourth-order valence-electron chi connectivity index (χ4n) is 1.68. The minimum atomic E-state index is -0.474. The van der Waals surface area contributed by atoms with Crippen LogP contribution < -0.4 is 5.73 Å². The lowest BCUT2D eigenvalue weighted by atomic mass is 10.0. The summed E-state index contributed by atoms with van der Waals surface area (Å²) in [5, 5.41) is 0. The van der Waals surface area contributed by atoms with Crippen LogP contribution in [-0.2, 0) is 9.53 Å². The van der Waals surface area contributed by atoms with Crippen molar-refractivity contribution < 1.29 is 9.53 Å². The molecule has 0 aromatic rings. The lowest BCUT2D eigenvalue weighted by molar-refractivity contribution is -0.151. The molecule has 17 heavy (non-hydrogen) atoms. The molecular weight excluding hydrogens is 214 g/mol. The first-order valence-electron chi connectivity index (χ1n) is 6.98. The fraction of sp³-hybridized carbons (Fsp3) is 0.929. The van der Waals surface area contributed by atoms with E-state index in [1.165, 1.54) is 19.3 Å². The first-order valence-corrected chi connectivity index (χ1v) is 6.98. The summed E-state index contributed by atoms with van der Waals surface area (Å²) in [6.07, 6.45) is 6.67. The second-order valence-electron chi connectivity index (χ2n) is 5.01. The second-order valence-corrected chi connectivity index (χ2v) is 5.01. The lowest BCUT2D eigenvalue weighted by Gasteiger charge is -2.20. The normalized spacial score (nSPS) is 16.3. The van der Waals surface area contributed by atoms with E-state index in [-0.39, 0.29) is 18.0 Å². The maximum absolute atomic E-state index is 11.7. The van der Waals surface area contributed by atoms with Gasteiger partial charge in [-0.25, -0.2) is 0 Å². The van der Waals surface area contributed by atoms with Crippen LogP contribution in [-0.4, -0.2) is 18.1 Å². The van der Waals surface area contributed by atoms with E-state index in [9.17, 15) is 4.79 Å². The Morgan fingerprint density at radius 3 is 2.35 bits per heavy atom. The summed E-state index contributed by atoms with van der Waals surface area (Å²) in [5.74, 6) is -0.0582. The molecule has 0 bridgehead atoms. The average Bonchev–Trinajstić information content (AvgIpc) is 2.32. The molecule has 0 radical (unpaired) electrons. The summed E-state index contributed by atoms with van der Waals surface area (Å²) in [5.41, 5.74) is 5.82. The van der Waals surface area contributed by atoms with E-state index in [2.05, 4.69) is 6.92 Å². The molecule has 0 rings (SSSR count). The first-order chi connectivity index (χ1) is 8.02. The van der Waals surface area contributed by atoms with Crippen LogP contribution in [0.25, 0.3) is 0 Å². The standard InChI is InChI=1S/C14H29NO2/c1-5-7-8-9-10-12(4)17-14(16)13(15)11(3)6-2/h11-13H,5-10,15H2,1-4H3/t11?,12?,13-/m0/s1. The van der Waals surface area contributed by atoms with E-state index < -0.39 is 6.04 Å². The number of hydrogen-bond donors (Lipinski definition) is 1. The summed E-state index contributed by atoms with van der Waals surface area (Å²) in [6.45, 7) is 8.16. The molecule has 0 saturated heterocycles. The third-order valence-corrected chi connectivity index (χ3v) is 3.31. The van der Waals surface area contributed by atoms with Gasteiger partial charge in [-0.15, -0.1) is 0 Å². The zero-order valence-corrected chi connectivity index (χ0v) is 11.9. The zero-order chi connectivity index (χ0) is 13.3. The van der Waals surface area contributed by atoms with Gasteiger partial charge in [0.05, 0.1) is 6.10 Å². The van der Waals surface area contributed by atoms with Crippen molar-refractivity contribution in [1.29, 1.82) is 0 Å². The maximum Gasteiger partial charge on any atom is 0.323 e. The average molecular weight is 243 g/mol. The molecule has 0 amide bonds. The molecule has 2 N–H and O–H groups in total. The van der Waals surface area contributed by atoms with Crippen LogP contribution in [0.15, 0.2) is 0 Å². The van der Waals surface area contributed by atoms with Gasteiger partial charge in [-0.1, -0.05) is 46.5 Å². The number of carbonyl (C=O) groups is 1. The van der Waals surface area contributed by atoms with Gasteiger partial charge in [0.25, 0.3) is 0 Å². The molecule has 102 valence electrons. The van der Waals surface area contributed by atoms with Crippen LogP contribution in [0.2, 0.25) is 0 Å². The van der Waals surface area contributed by atoms with Crippen LogP contribution in [0.1, 0.15) is 66.2 Å². The Bertz CT molecular complexity index is 206. The lowest BCUT2D eigenvalue weighted by Crippen LogP contribution is -2.39. The third-order valence-electron chi connectivity index (χ3n) is 3.31. The molecule has 0 heterocycles. The predicted octanol–water partition coefficient (Wildman–Crippen LogP) is 3.26. The number of nitrogens with two attached hydrogens (primary N) is 1. The molecule has 3 nitrogen and oxygen atoms in total. The Kier molecular flexibility index (Phi) is 9.14. The highest BCUT2D eigenvalue weighted by atomic mass is 16.5. The Labute approximate surface area is 106 Å². The molecule has 0 aromatic carbocycles. The Morgan fingerprint density at radius 1 is 1.18 bits per heavy atom. The molecule has 0 aliphatic rings. The van der Waals surface area contributed by atoms with E-state index >= 15 is 0 Å². The van der Waals surface area contributed by atoms with Crippen molar-refractivity contribution in [1.82, 2.24) is 0 Å². The van der Waals surface area contributed by atoms with Crippen LogP contribution in [0.3, 0.4) is 0 Å². The monoisotopic (exact) mass is 243 g/mol. The van der Waals surface area contributed by atoms with Gasteiger partial charge in [0, 0.05) is 0 Å². The number of ether oxygens (including phenoxy) is 1. The van der Waals surface area contributed by atoms with Crippen molar-refractivity contribution in [3.8, 4) is 0 Å². The summed E-state index contributed by atoms with van der Waals surface area (Å²) < 4.78 is 5.35. The van der Waals surface area contributed by atoms with E-state index in [1.54, 1.807) is 0 Å². The summed E-state index contributed by atoms with van der Waals surface area (Å²) in [7, 11) is 0. The SMILES string of the molecule is CCCCCCC(C)OC(=O)[C@@H](N)C(C)CC. The van der Waals surface area contributed by atoms with Gasteiger partial charge in [-0.3, -0.25) is 4.79 Å². The minimum absolute atomic E-state index is 0.00513. The topological polar surface area (TPSA) is 52.3 Å². The molecule has 0 fully saturated rings. The van der Waals surface area contributed by atoms with Crippen molar-refractivity contribution in [2.75, 3.05) is 0 Å². The van der Waals surface area contributed by atoms with Crippen LogP contribution >= 0.6 is 0 Å². The first kappa shape index (κ1) is 16.4. The van der Waals surface area contributed by atoms with Gasteiger partial charge in [-0.05, 0) is 25.7 Å². The number of carbonyl (C=O) groups excluding carboxylic acids is 1. The molecule has 0 saturated carbocycles. The van der Waals surface area contributed by atoms with Crippen LogP contribution in [0.4, 0.5) is 0 Å².